The molecular formula is C17H28O2. The summed E-state index contributed by atoms with van der Waals surface area (Å²) in [7, 11) is 0. The SMILES string of the molecule is CCCCCCCCCCOCc1ccccc1O. The normalized spacial score (nSPS) is 10.8. The number of para-hydroxylation sites is 1. The quantitative estimate of drug-likeness (QED) is 0.567. The first-order valence-electron chi connectivity index (χ1n) is 7.69. The molecule has 0 saturated heterocycles. The fourth-order valence-corrected chi connectivity index (χ4v) is 2.15. The largest absolute Gasteiger partial charge is 0.508 e. The van der Waals surface area contributed by atoms with Gasteiger partial charge in [0.05, 0.1) is 6.61 Å². The smallest absolute Gasteiger partial charge is 0.121 e. The summed E-state index contributed by atoms with van der Waals surface area (Å²) in [5, 5.41) is 9.57. The van der Waals surface area contributed by atoms with E-state index < -0.39 is 0 Å². The Morgan fingerprint density at radius 2 is 1.53 bits per heavy atom. The Bertz CT molecular complexity index is 323. The third-order valence-corrected chi connectivity index (χ3v) is 3.39. The molecule has 0 aliphatic carbocycles. The average Bonchev–Trinajstić information content (AvgIpc) is 2.43. The molecule has 0 bridgehead atoms. The zero-order chi connectivity index (χ0) is 13.8. The molecule has 0 radical (unpaired) electrons. The van der Waals surface area contributed by atoms with Crippen LogP contribution in [0.2, 0.25) is 0 Å². The highest BCUT2D eigenvalue weighted by atomic mass is 16.5. The summed E-state index contributed by atoms with van der Waals surface area (Å²) >= 11 is 0. The molecule has 0 aliphatic heterocycles. The molecule has 1 aromatic carbocycles. The number of ether oxygens (including phenoxy) is 1. The van der Waals surface area contributed by atoms with Crippen LogP contribution < -0.4 is 0 Å². The molecule has 0 unspecified atom stereocenters. The highest BCUT2D eigenvalue weighted by molar-refractivity contribution is 5.30. The molecule has 1 N–H and O–H groups in total. The summed E-state index contributed by atoms with van der Waals surface area (Å²) in [6.45, 7) is 3.56. The molecule has 0 atom stereocenters. The summed E-state index contributed by atoms with van der Waals surface area (Å²) in [6, 6.07) is 7.37. The van der Waals surface area contributed by atoms with Crippen molar-refractivity contribution in [1.29, 1.82) is 0 Å². The lowest BCUT2D eigenvalue weighted by molar-refractivity contribution is 0.115. The number of aromatic hydroxyl groups is 1. The van der Waals surface area contributed by atoms with Crippen LogP contribution in [0.25, 0.3) is 0 Å². The molecule has 0 spiro atoms. The Morgan fingerprint density at radius 1 is 0.895 bits per heavy atom. The van der Waals surface area contributed by atoms with Crippen molar-refractivity contribution in [2.24, 2.45) is 0 Å². The van der Waals surface area contributed by atoms with Gasteiger partial charge >= 0.3 is 0 Å². The van der Waals surface area contributed by atoms with E-state index in [1.807, 2.05) is 18.2 Å². The van der Waals surface area contributed by atoms with Crippen LogP contribution in [0.3, 0.4) is 0 Å². The Morgan fingerprint density at radius 3 is 2.21 bits per heavy atom. The van der Waals surface area contributed by atoms with Gasteiger partial charge in [0.2, 0.25) is 0 Å². The van der Waals surface area contributed by atoms with Crippen LogP contribution in [0, 0.1) is 0 Å². The van der Waals surface area contributed by atoms with Gasteiger partial charge < -0.3 is 9.84 Å². The van der Waals surface area contributed by atoms with E-state index in [4.69, 9.17) is 4.74 Å². The molecule has 0 saturated carbocycles. The van der Waals surface area contributed by atoms with E-state index in [0.717, 1.165) is 18.6 Å². The maximum Gasteiger partial charge on any atom is 0.121 e. The number of rotatable bonds is 11. The molecule has 2 heteroatoms. The molecule has 1 rings (SSSR count). The molecule has 0 aromatic heterocycles. The van der Waals surface area contributed by atoms with E-state index in [0.29, 0.717) is 12.4 Å². The van der Waals surface area contributed by atoms with Crippen LogP contribution in [0.5, 0.6) is 5.75 Å². The van der Waals surface area contributed by atoms with Crippen LogP contribution in [0.15, 0.2) is 24.3 Å². The van der Waals surface area contributed by atoms with Crippen LogP contribution >= 0.6 is 0 Å². The summed E-state index contributed by atoms with van der Waals surface area (Å²) in [6.07, 6.45) is 10.5. The maximum atomic E-state index is 9.57. The van der Waals surface area contributed by atoms with Crippen molar-refractivity contribution in [2.75, 3.05) is 6.61 Å². The fraction of sp³-hybridized carbons (Fsp3) is 0.647. The molecule has 0 heterocycles. The van der Waals surface area contributed by atoms with Gasteiger partial charge in [-0.1, -0.05) is 70.1 Å². The third-order valence-electron chi connectivity index (χ3n) is 3.39. The monoisotopic (exact) mass is 264 g/mol. The second kappa shape index (κ2) is 10.9. The molecule has 2 nitrogen and oxygen atoms in total. The minimum absolute atomic E-state index is 0.332. The van der Waals surface area contributed by atoms with E-state index in [1.54, 1.807) is 6.07 Å². The number of hydrogen-bond donors (Lipinski definition) is 1. The van der Waals surface area contributed by atoms with Gasteiger partial charge in [0.15, 0.2) is 0 Å². The first kappa shape index (κ1) is 16.0. The van der Waals surface area contributed by atoms with Crippen molar-refractivity contribution in [3.63, 3.8) is 0 Å². The van der Waals surface area contributed by atoms with Crippen molar-refractivity contribution in [3.8, 4) is 5.75 Å². The highest BCUT2D eigenvalue weighted by Gasteiger charge is 1.99. The zero-order valence-corrected chi connectivity index (χ0v) is 12.2. The molecule has 0 aliphatic rings. The van der Waals surface area contributed by atoms with Gasteiger partial charge in [-0.2, -0.15) is 0 Å². The summed E-state index contributed by atoms with van der Waals surface area (Å²) < 4.78 is 5.59. The summed E-state index contributed by atoms with van der Waals surface area (Å²) in [4.78, 5) is 0. The second-order valence-corrected chi connectivity index (χ2v) is 5.16. The predicted octanol–water partition coefficient (Wildman–Crippen LogP) is 5.05. The van der Waals surface area contributed by atoms with Crippen LogP contribution in [-0.2, 0) is 11.3 Å². The Kier molecular flexibility index (Phi) is 9.17. The van der Waals surface area contributed by atoms with E-state index in [1.165, 1.54) is 44.9 Å². The van der Waals surface area contributed by atoms with Gasteiger partial charge in [-0.05, 0) is 12.5 Å². The number of phenolic OH excluding ortho intramolecular Hbond substituents is 1. The third kappa shape index (κ3) is 7.89. The van der Waals surface area contributed by atoms with Crippen molar-refractivity contribution in [1.82, 2.24) is 0 Å². The number of hydrogen-bond acceptors (Lipinski definition) is 2. The molecule has 0 amide bonds. The zero-order valence-electron chi connectivity index (χ0n) is 12.2. The standard InChI is InChI=1S/C17H28O2/c1-2-3-4-5-6-7-8-11-14-19-15-16-12-9-10-13-17(16)18/h9-10,12-13,18H,2-8,11,14-15H2,1H3. The lowest BCUT2D eigenvalue weighted by atomic mass is 10.1. The lowest BCUT2D eigenvalue weighted by Gasteiger charge is -2.06. The minimum Gasteiger partial charge on any atom is -0.508 e. The van der Waals surface area contributed by atoms with Crippen LogP contribution in [0.1, 0.15) is 63.9 Å². The lowest BCUT2D eigenvalue weighted by Crippen LogP contribution is -1.96. The Hall–Kier alpha value is -1.02. The van der Waals surface area contributed by atoms with Gasteiger partial charge in [0.25, 0.3) is 0 Å². The van der Waals surface area contributed by atoms with Gasteiger partial charge in [0.1, 0.15) is 5.75 Å². The molecule has 19 heavy (non-hydrogen) atoms. The second-order valence-electron chi connectivity index (χ2n) is 5.16. The number of benzene rings is 1. The minimum atomic E-state index is 0.332. The molecular weight excluding hydrogens is 236 g/mol. The van der Waals surface area contributed by atoms with Gasteiger partial charge in [-0.3, -0.25) is 0 Å². The van der Waals surface area contributed by atoms with Crippen molar-refractivity contribution in [3.05, 3.63) is 29.8 Å². The Labute approximate surface area is 117 Å². The highest BCUT2D eigenvalue weighted by Crippen LogP contribution is 2.16. The van der Waals surface area contributed by atoms with Crippen LogP contribution in [-0.4, -0.2) is 11.7 Å². The first-order chi connectivity index (χ1) is 9.34. The number of phenols is 1. The van der Waals surface area contributed by atoms with E-state index >= 15 is 0 Å². The van der Waals surface area contributed by atoms with Crippen molar-refractivity contribution in [2.45, 2.75) is 64.9 Å². The Balaban J connectivity index is 1.90. The topological polar surface area (TPSA) is 29.5 Å². The summed E-state index contributed by atoms with van der Waals surface area (Å²) in [5.41, 5.74) is 0.877. The van der Waals surface area contributed by atoms with Gasteiger partial charge in [-0.25, -0.2) is 0 Å². The van der Waals surface area contributed by atoms with Gasteiger partial charge in [-0.15, -0.1) is 0 Å². The van der Waals surface area contributed by atoms with Gasteiger partial charge in [0, 0.05) is 12.2 Å². The maximum absolute atomic E-state index is 9.57. The molecule has 108 valence electrons. The fourth-order valence-electron chi connectivity index (χ4n) is 2.15. The number of unbranched alkanes of at least 4 members (excludes halogenated alkanes) is 7. The predicted molar refractivity (Wildman–Crippen MR) is 80.4 cm³/mol. The summed E-state index contributed by atoms with van der Waals surface area (Å²) in [5.74, 6) is 0.332. The van der Waals surface area contributed by atoms with E-state index in [9.17, 15) is 5.11 Å². The van der Waals surface area contributed by atoms with Crippen molar-refractivity contribution >= 4 is 0 Å². The average molecular weight is 264 g/mol. The molecule has 0 fully saturated rings. The first-order valence-corrected chi connectivity index (χ1v) is 7.69. The molecule has 1 aromatic rings. The van der Waals surface area contributed by atoms with Crippen LogP contribution in [0.4, 0.5) is 0 Å². The van der Waals surface area contributed by atoms with E-state index in [2.05, 4.69) is 6.92 Å². The van der Waals surface area contributed by atoms with E-state index in [-0.39, 0.29) is 0 Å². The van der Waals surface area contributed by atoms with Crippen molar-refractivity contribution < 1.29 is 9.84 Å².